The van der Waals surface area contributed by atoms with Crippen LogP contribution in [0.2, 0.25) is 0 Å². The highest BCUT2D eigenvalue weighted by atomic mass is 19.4. The van der Waals surface area contributed by atoms with Crippen LogP contribution >= 0.6 is 0 Å². The summed E-state index contributed by atoms with van der Waals surface area (Å²) in [6, 6.07) is 12.5. The minimum atomic E-state index is -4.67. The van der Waals surface area contributed by atoms with Crippen molar-refractivity contribution in [1.29, 1.82) is 5.26 Å². The molecule has 1 amide bonds. The SMILES string of the molecule is C[C@@H](OC(=O)Nc1ccc(C2=C(C#N)c3ccc(Oc4ncccn4)cc3C2N2CCC2)cn1)C(F)(F)F. The van der Waals surface area contributed by atoms with Crippen LogP contribution in [0.1, 0.15) is 36.1 Å². The van der Waals surface area contributed by atoms with Gasteiger partial charge in [-0.1, -0.05) is 0 Å². The highest BCUT2D eigenvalue weighted by Gasteiger charge is 2.40. The van der Waals surface area contributed by atoms with Gasteiger partial charge >= 0.3 is 18.3 Å². The van der Waals surface area contributed by atoms with Gasteiger partial charge in [0.2, 0.25) is 0 Å². The Morgan fingerprint density at radius 3 is 2.55 bits per heavy atom. The van der Waals surface area contributed by atoms with E-state index in [0.717, 1.165) is 43.1 Å². The number of halogens is 3. The average molecular weight is 522 g/mol. The Hall–Kier alpha value is -4.50. The van der Waals surface area contributed by atoms with Crippen molar-refractivity contribution in [3.63, 3.8) is 0 Å². The molecule has 0 radical (unpaired) electrons. The molecular formula is C26H21F3N6O3. The second-order valence-corrected chi connectivity index (χ2v) is 8.72. The fourth-order valence-corrected chi connectivity index (χ4v) is 4.33. The predicted molar refractivity (Wildman–Crippen MR) is 130 cm³/mol. The van der Waals surface area contributed by atoms with Crippen LogP contribution in [0.3, 0.4) is 0 Å². The summed E-state index contributed by atoms with van der Waals surface area (Å²) in [7, 11) is 0. The normalized spacial score (nSPS) is 17.7. The number of hydrogen-bond donors (Lipinski definition) is 1. The Morgan fingerprint density at radius 1 is 1.18 bits per heavy atom. The minimum absolute atomic E-state index is 0.0155. The maximum Gasteiger partial charge on any atom is 0.425 e. The molecule has 9 nitrogen and oxygen atoms in total. The van der Waals surface area contributed by atoms with Crippen LogP contribution in [0.5, 0.6) is 11.8 Å². The van der Waals surface area contributed by atoms with Crippen LogP contribution in [0, 0.1) is 11.3 Å². The summed E-state index contributed by atoms with van der Waals surface area (Å²) in [4.78, 5) is 26.5. The van der Waals surface area contributed by atoms with E-state index in [1.54, 1.807) is 30.6 Å². The van der Waals surface area contributed by atoms with Gasteiger partial charge in [-0.05, 0) is 66.4 Å². The number of aromatic nitrogens is 3. The minimum Gasteiger partial charge on any atom is -0.437 e. The van der Waals surface area contributed by atoms with Gasteiger partial charge in [0.1, 0.15) is 17.6 Å². The van der Waals surface area contributed by atoms with Crippen molar-refractivity contribution in [2.45, 2.75) is 31.7 Å². The first-order valence-corrected chi connectivity index (χ1v) is 11.7. The smallest absolute Gasteiger partial charge is 0.425 e. The maximum atomic E-state index is 12.7. The number of allylic oxidation sites excluding steroid dienone is 1. The number of benzene rings is 1. The standard InChI is InChI=1S/C26H21F3N6O3/c1-15(26(27,28)29)37-25(36)34-21-7-4-16(14-33-21)22-20(13-30)18-6-5-17(38-24-31-8-2-9-32-24)12-19(18)23(22)35-10-3-11-35/h2,4-9,12,14-15,23H,3,10-11H2,1H3,(H,33,34,36)/t15-,23?/m1/s1. The third-order valence-electron chi connectivity index (χ3n) is 6.30. The van der Waals surface area contributed by atoms with Crippen molar-refractivity contribution in [3.8, 4) is 17.8 Å². The molecule has 1 saturated heterocycles. The summed E-state index contributed by atoms with van der Waals surface area (Å²) < 4.78 is 48.1. The molecule has 2 atom stereocenters. The van der Waals surface area contributed by atoms with E-state index < -0.39 is 18.4 Å². The van der Waals surface area contributed by atoms with Crippen molar-refractivity contribution in [3.05, 3.63) is 71.7 Å². The molecule has 1 unspecified atom stereocenters. The number of rotatable bonds is 6. The van der Waals surface area contributed by atoms with E-state index >= 15 is 0 Å². The second kappa shape index (κ2) is 10.1. The molecule has 3 heterocycles. The van der Waals surface area contributed by atoms with Gasteiger partial charge in [0.05, 0.1) is 11.6 Å². The van der Waals surface area contributed by atoms with Gasteiger partial charge in [0.15, 0.2) is 6.10 Å². The Balaban J connectivity index is 1.41. The Morgan fingerprint density at radius 2 is 1.95 bits per heavy atom. The van der Waals surface area contributed by atoms with Gasteiger partial charge in [-0.25, -0.2) is 19.7 Å². The van der Waals surface area contributed by atoms with Crippen LogP contribution in [-0.4, -0.2) is 51.3 Å². The number of ether oxygens (including phenoxy) is 2. The molecule has 1 fully saturated rings. The van der Waals surface area contributed by atoms with Crippen LogP contribution in [-0.2, 0) is 4.74 Å². The molecule has 0 saturated carbocycles. The zero-order valence-electron chi connectivity index (χ0n) is 20.1. The van der Waals surface area contributed by atoms with Crippen LogP contribution in [0.15, 0.2) is 55.0 Å². The van der Waals surface area contributed by atoms with Crippen LogP contribution in [0.4, 0.5) is 23.8 Å². The number of anilines is 1. The lowest BCUT2D eigenvalue weighted by Crippen LogP contribution is -2.40. The molecule has 194 valence electrons. The summed E-state index contributed by atoms with van der Waals surface area (Å²) >= 11 is 0. The lowest BCUT2D eigenvalue weighted by Gasteiger charge is -2.38. The number of nitrogens with one attached hydrogen (secondary N) is 1. The van der Waals surface area contributed by atoms with Crippen molar-refractivity contribution in [1.82, 2.24) is 19.9 Å². The quantitative estimate of drug-likeness (QED) is 0.461. The highest BCUT2D eigenvalue weighted by Crippen LogP contribution is 2.50. The number of fused-ring (bicyclic) bond motifs is 1. The number of hydrogen-bond acceptors (Lipinski definition) is 8. The van der Waals surface area contributed by atoms with Gasteiger partial charge in [-0.2, -0.15) is 18.4 Å². The lowest BCUT2D eigenvalue weighted by atomic mass is 9.94. The van der Waals surface area contributed by atoms with Crippen LogP contribution in [0.25, 0.3) is 11.1 Å². The Bertz CT molecular complexity index is 1420. The van der Waals surface area contributed by atoms with Gasteiger partial charge < -0.3 is 9.47 Å². The number of carbonyl (C=O) groups excluding carboxylic acids is 1. The molecule has 1 aliphatic carbocycles. The highest BCUT2D eigenvalue weighted by molar-refractivity contribution is 6.04. The molecule has 2 aliphatic rings. The first kappa shape index (κ1) is 25.2. The number of likely N-dealkylation sites (tertiary alicyclic amines) is 1. The molecule has 1 aliphatic heterocycles. The summed E-state index contributed by atoms with van der Waals surface area (Å²) in [5.41, 5.74) is 3.55. The number of pyridine rings is 1. The van der Waals surface area contributed by atoms with E-state index in [1.807, 2.05) is 12.1 Å². The molecule has 5 rings (SSSR count). The zero-order chi connectivity index (χ0) is 26.9. The number of nitriles is 1. The molecule has 0 spiro atoms. The first-order valence-electron chi connectivity index (χ1n) is 11.7. The van der Waals surface area contributed by atoms with Gasteiger partial charge in [0, 0.05) is 37.3 Å². The molecule has 0 bridgehead atoms. The number of carbonyl (C=O) groups is 1. The monoisotopic (exact) mass is 522 g/mol. The van der Waals surface area contributed by atoms with Crippen LogP contribution < -0.4 is 10.1 Å². The molecule has 12 heteroatoms. The van der Waals surface area contributed by atoms with Gasteiger partial charge in [-0.15, -0.1) is 0 Å². The van der Waals surface area contributed by atoms with E-state index in [0.29, 0.717) is 16.9 Å². The summed E-state index contributed by atoms with van der Waals surface area (Å²) in [6.07, 6.45) is -2.55. The van der Waals surface area contributed by atoms with E-state index in [1.165, 1.54) is 12.3 Å². The summed E-state index contributed by atoms with van der Waals surface area (Å²) in [6.45, 7) is 2.42. The Labute approximate surface area is 215 Å². The molecule has 3 aromatic rings. The number of amides is 1. The molecular weight excluding hydrogens is 501 g/mol. The van der Waals surface area contributed by atoms with E-state index in [2.05, 4.69) is 36.0 Å². The fourth-order valence-electron chi connectivity index (χ4n) is 4.33. The molecule has 1 aromatic carbocycles. The average Bonchev–Trinajstić information content (AvgIpc) is 3.16. The maximum absolute atomic E-state index is 12.7. The van der Waals surface area contributed by atoms with Crippen molar-refractivity contribution >= 4 is 23.1 Å². The summed E-state index contributed by atoms with van der Waals surface area (Å²) in [5.74, 6) is 0.546. The Kier molecular flexibility index (Phi) is 6.69. The first-order chi connectivity index (χ1) is 18.2. The van der Waals surface area contributed by atoms with E-state index in [4.69, 9.17) is 4.74 Å². The van der Waals surface area contributed by atoms with E-state index in [-0.39, 0.29) is 17.9 Å². The third-order valence-corrected chi connectivity index (χ3v) is 6.30. The summed E-state index contributed by atoms with van der Waals surface area (Å²) in [5, 5.41) is 12.3. The van der Waals surface area contributed by atoms with Crippen molar-refractivity contribution < 1.29 is 27.4 Å². The topological polar surface area (TPSA) is 113 Å². The lowest BCUT2D eigenvalue weighted by molar-refractivity contribution is -0.196. The molecule has 38 heavy (non-hydrogen) atoms. The third kappa shape index (κ3) is 5.01. The fraction of sp³-hybridized carbons (Fsp3) is 0.269. The molecule has 1 N–H and O–H groups in total. The second-order valence-electron chi connectivity index (χ2n) is 8.72. The van der Waals surface area contributed by atoms with Crippen molar-refractivity contribution in [2.75, 3.05) is 18.4 Å². The van der Waals surface area contributed by atoms with Crippen molar-refractivity contribution in [2.24, 2.45) is 0 Å². The van der Waals surface area contributed by atoms with Gasteiger partial charge in [0.25, 0.3) is 0 Å². The number of alkyl halides is 3. The molecule has 2 aromatic heterocycles. The largest absolute Gasteiger partial charge is 0.437 e. The van der Waals surface area contributed by atoms with Gasteiger partial charge in [-0.3, -0.25) is 10.2 Å². The predicted octanol–water partition coefficient (Wildman–Crippen LogP) is 5.36. The zero-order valence-corrected chi connectivity index (χ0v) is 20.1. The van der Waals surface area contributed by atoms with E-state index in [9.17, 15) is 23.2 Å². The number of nitrogens with zero attached hydrogens (tertiary/aromatic N) is 5.